The number of methoxy groups -OCH3 is 1. The Kier molecular flexibility index (Phi) is 7.14. The summed E-state index contributed by atoms with van der Waals surface area (Å²) in [5.74, 6) is -0.228. The fourth-order valence-electron chi connectivity index (χ4n) is 3.17. The number of ether oxygens (including phenoxy) is 3. The summed E-state index contributed by atoms with van der Waals surface area (Å²) in [6.45, 7) is 2.03. The standard InChI is InChI=1S/C22H20FN5O6P/c1-32-10-11-33-19-7-6-14(12-18(19)23)24-22-25-20-17(8-9-27(20)35(2)31)21(26-22)34-16-5-3-4-15(13-16)28(29)30/h3-9,12-13H,10-11H2,1-2H3,(H,24,25,26)/q+1. The lowest BCUT2D eigenvalue weighted by Crippen LogP contribution is -2.06. The number of rotatable bonds is 10. The number of fused-ring (bicyclic) bond motifs is 1. The molecule has 1 unspecified atom stereocenters. The van der Waals surface area contributed by atoms with Crippen molar-refractivity contribution in [2.45, 2.75) is 0 Å². The molecule has 4 aromatic rings. The van der Waals surface area contributed by atoms with Crippen molar-refractivity contribution >= 4 is 36.3 Å². The van der Waals surface area contributed by atoms with Gasteiger partial charge >= 0.3 is 7.95 Å². The highest BCUT2D eigenvalue weighted by Gasteiger charge is 2.21. The van der Waals surface area contributed by atoms with Crippen molar-refractivity contribution in [2.24, 2.45) is 0 Å². The lowest BCUT2D eigenvalue weighted by molar-refractivity contribution is -0.384. The Labute approximate surface area is 199 Å². The molecule has 0 amide bonds. The summed E-state index contributed by atoms with van der Waals surface area (Å²) in [6, 6.07) is 11.5. The minimum Gasteiger partial charge on any atom is -0.488 e. The van der Waals surface area contributed by atoms with E-state index in [2.05, 4.69) is 15.3 Å². The Balaban J connectivity index is 1.69. The second-order valence-corrected chi connectivity index (χ2v) is 8.54. The van der Waals surface area contributed by atoms with Gasteiger partial charge in [-0.15, -0.1) is 4.34 Å². The molecule has 35 heavy (non-hydrogen) atoms. The average Bonchev–Trinajstić information content (AvgIpc) is 3.25. The maximum atomic E-state index is 14.5. The van der Waals surface area contributed by atoms with Gasteiger partial charge in [0.25, 0.3) is 5.69 Å². The first-order valence-electron chi connectivity index (χ1n) is 10.3. The zero-order chi connectivity index (χ0) is 24.9. The van der Waals surface area contributed by atoms with E-state index in [-0.39, 0.29) is 35.6 Å². The van der Waals surface area contributed by atoms with Crippen LogP contribution in [0.4, 0.5) is 21.7 Å². The molecule has 1 N–H and O–H groups in total. The maximum absolute atomic E-state index is 14.5. The molecular weight excluding hydrogens is 480 g/mol. The van der Waals surface area contributed by atoms with E-state index in [4.69, 9.17) is 14.2 Å². The second-order valence-electron chi connectivity index (χ2n) is 7.18. The van der Waals surface area contributed by atoms with Gasteiger partial charge in [-0.2, -0.15) is 9.97 Å². The topological polar surface area (TPSA) is 131 Å². The van der Waals surface area contributed by atoms with Gasteiger partial charge in [0.2, 0.25) is 11.8 Å². The SMILES string of the molecule is COCCOc1ccc(Nc2nc(Oc3cccc([N+](=O)[O-])c3)c3ccn([P+](C)=O)c3n2)cc1F. The van der Waals surface area contributed by atoms with Crippen LogP contribution in [-0.2, 0) is 9.30 Å². The van der Waals surface area contributed by atoms with Crippen LogP contribution < -0.4 is 14.8 Å². The first-order valence-corrected chi connectivity index (χ1v) is 11.9. The van der Waals surface area contributed by atoms with Gasteiger partial charge in [0.1, 0.15) is 12.4 Å². The molecule has 0 radical (unpaired) electrons. The number of benzene rings is 2. The molecule has 0 aliphatic carbocycles. The van der Waals surface area contributed by atoms with Gasteiger partial charge in [-0.3, -0.25) is 10.1 Å². The van der Waals surface area contributed by atoms with Crippen LogP contribution in [0.2, 0.25) is 0 Å². The van der Waals surface area contributed by atoms with Crippen LogP contribution in [0.25, 0.3) is 11.0 Å². The molecule has 13 heteroatoms. The number of halogens is 1. The van der Waals surface area contributed by atoms with E-state index in [1.165, 1.54) is 48.4 Å². The highest BCUT2D eigenvalue weighted by atomic mass is 31.1. The summed E-state index contributed by atoms with van der Waals surface area (Å²) in [4.78, 5) is 19.3. The Morgan fingerprint density at radius 3 is 2.71 bits per heavy atom. The molecular formula is C22H20FN5O6P+. The van der Waals surface area contributed by atoms with E-state index >= 15 is 0 Å². The van der Waals surface area contributed by atoms with Crippen LogP contribution in [0.5, 0.6) is 17.4 Å². The molecule has 4 rings (SSSR count). The lowest BCUT2D eigenvalue weighted by Gasteiger charge is -2.11. The van der Waals surface area contributed by atoms with Crippen molar-refractivity contribution in [3.63, 3.8) is 0 Å². The van der Waals surface area contributed by atoms with Crippen molar-refractivity contribution in [3.05, 3.63) is 70.7 Å². The summed E-state index contributed by atoms with van der Waals surface area (Å²) in [7, 11) is -0.296. The zero-order valence-corrected chi connectivity index (χ0v) is 19.6. The Morgan fingerprint density at radius 2 is 2.00 bits per heavy atom. The van der Waals surface area contributed by atoms with E-state index < -0.39 is 18.7 Å². The smallest absolute Gasteiger partial charge is 0.464 e. The number of nitro benzene ring substituents is 1. The second kappa shape index (κ2) is 10.4. The number of anilines is 2. The molecule has 0 spiro atoms. The van der Waals surface area contributed by atoms with Crippen molar-refractivity contribution in [1.29, 1.82) is 0 Å². The Morgan fingerprint density at radius 1 is 1.17 bits per heavy atom. The predicted octanol–water partition coefficient (Wildman–Crippen LogP) is 5.26. The summed E-state index contributed by atoms with van der Waals surface area (Å²) in [5, 5.41) is 14.5. The molecule has 180 valence electrons. The summed E-state index contributed by atoms with van der Waals surface area (Å²) in [5.41, 5.74) is 0.497. The third-order valence-electron chi connectivity index (χ3n) is 4.77. The molecule has 0 aliphatic heterocycles. The quantitative estimate of drug-likeness (QED) is 0.134. The third-order valence-corrected chi connectivity index (χ3v) is 5.70. The fraction of sp³-hybridized carbons (Fsp3) is 0.182. The Bertz CT molecular complexity index is 1410. The minimum absolute atomic E-state index is 0.0437. The monoisotopic (exact) mass is 500 g/mol. The van der Waals surface area contributed by atoms with Crippen molar-refractivity contribution < 1.29 is 28.1 Å². The van der Waals surface area contributed by atoms with E-state index in [0.717, 1.165) is 0 Å². The normalized spacial score (nSPS) is 11.3. The van der Waals surface area contributed by atoms with Gasteiger partial charge in [0, 0.05) is 24.9 Å². The molecule has 0 saturated carbocycles. The number of nitrogens with one attached hydrogen (secondary N) is 1. The third kappa shape index (κ3) is 5.51. The number of nitro groups is 1. The van der Waals surface area contributed by atoms with Gasteiger partial charge in [-0.1, -0.05) is 6.07 Å². The highest BCUT2D eigenvalue weighted by molar-refractivity contribution is 7.42. The van der Waals surface area contributed by atoms with Crippen molar-refractivity contribution in [1.82, 2.24) is 14.3 Å². The minimum atomic E-state index is -1.82. The van der Waals surface area contributed by atoms with E-state index in [9.17, 15) is 19.1 Å². The first kappa shape index (κ1) is 24.0. The Hall–Kier alpha value is -4.15. The van der Waals surface area contributed by atoms with Crippen LogP contribution in [0.3, 0.4) is 0 Å². The van der Waals surface area contributed by atoms with Crippen molar-refractivity contribution in [3.8, 4) is 17.4 Å². The van der Waals surface area contributed by atoms with Gasteiger partial charge in [0.15, 0.2) is 23.9 Å². The number of aromatic nitrogens is 3. The van der Waals surface area contributed by atoms with Crippen LogP contribution in [-0.4, -0.2) is 46.2 Å². The lowest BCUT2D eigenvalue weighted by atomic mass is 10.3. The van der Waals surface area contributed by atoms with Gasteiger partial charge in [-0.05, 0) is 28.8 Å². The fourth-order valence-corrected chi connectivity index (χ4v) is 3.84. The maximum Gasteiger partial charge on any atom is 0.464 e. The molecule has 0 bridgehead atoms. The summed E-state index contributed by atoms with van der Waals surface area (Å²) < 4.78 is 44.2. The molecule has 1 atom stereocenters. The van der Waals surface area contributed by atoms with E-state index in [1.807, 2.05) is 0 Å². The van der Waals surface area contributed by atoms with Crippen LogP contribution in [0.1, 0.15) is 0 Å². The van der Waals surface area contributed by atoms with Gasteiger partial charge in [0.05, 0.1) is 29.2 Å². The number of non-ortho nitro benzene ring substituents is 1. The zero-order valence-electron chi connectivity index (χ0n) is 18.7. The average molecular weight is 500 g/mol. The van der Waals surface area contributed by atoms with Crippen LogP contribution in [0, 0.1) is 15.9 Å². The van der Waals surface area contributed by atoms with Crippen LogP contribution >= 0.6 is 7.95 Å². The summed E-state index contributed by atoms with van der Waals surface area (Å²) >= 11 is 0. The van der Waals surface area contributed by atoms with Gasteiger partial charge in [-0.25, -0.2) is 4.39 Å². The highest BCUT2D eigenvalue weighted by Crippen LogP contribution is 2.35. The van der Waals surface area contributed by atoms with E-state index in [1.54, 1.807) is 24.4 Å². The molecule has 2 aromatic heterocycles. The largest absolute Gasteiger partial charge is 0.488 e. The van der Waals surface area contributed by atoms with E-state index in [0.29, 0.717) is 23.3 Å². The van der Waals surface area contributed by atoms with Crippen molar-refractivity contribution in [2.75, 3.05) is 32.3 Å². The number of hydrogen-bond acceptors (Lipinski definition) is 9. The molecule has 2 heterocycles. The number of nitrogens with zero attached hydrogens (tertiary/aromatic N) is 4. The molecule has 11 nitrogen and oxygen atoms in total. The number of hydrogen-bond donors (Lipinski definition) is 1. The molecule has 0 aliphatic rings. The van der Waals surface area contributed by atoms with Gasteiger partial charge < -0.3 is 19.5 Å². The molecule has 0 saturated heterocycles. The van der Waals surface area contributed by atoms with Crippen LogP contribution in [0.15, 0.2) is 54.7 Å². The first-order chi connectivity index (χ1) is 16.9. The summed E-state index contributed by atoms with van der Waals surface area (Å²) in [6.07, 6.45) is 1.58. The predicted molar refractivity (Wildman–Crippen MR) is 127 cm³/mol. The molecule has 2 aromatic carbocycles. The molecule has 0 fully saturated rings.